The first-order chi connectivity index (χ1) is 5.65. The Bertz CT molecular complexity index is 269. The third-order valence-corrected chi connectivity index (χ3v) is 2.18. The monoisotopic (exact) mass is 166 g/mol. The second-order valence-corrected chi connectivity index (χ2v) is 3.06. The van der Waals surface area contributed by atoms with Gasteiger partial charge in [-0.15, -0.1) is 0 Å². The topological polar surface area (TPSA) is 40.5 Å². The maximum Gasteiger partial charge on any atom is 0.157 e. The summed E-state index contributed by atoms with van der Waals surface area (Å²) >= 11 is 0. The molecule has 0 saturated heterocycles. The van der Waals surface area contributed by atoms with E-state index in [2.05, 4.69) is 13.8 Å². The molecule has 2 N–H and O–H groups in total. The Kier molecular flexibility index (Phi) is 2.58. The van der Waals surface area contributed by atoms with Crippen LogP contribution < -0.4 is 0 Å². The van der Waals surface area contributed by atoms with Gasteiger partial charge < -0.3 is 10.2 Å². The minimum Gasteiger partial charge on any atom is -0.504 e. The van der Waals surface area contributed by atoms with Crippen LogP contribution in [0, 0.1) is 0 Å². The lowest BCUT2D eigenvalue weighted by molar-refractivity contribution is 0.402. The molecule has 66 valence electrons. The molecule has 0 radical (unpaired) electrons. The molecular formula is C10H14O2. The average molecular weight is 166 g/mol. The Morgan fingerprint density at radius 3 is 2.42 bits per heavy atom. The Labute approximate surface area is 72.5 Å². The lowest BCUT2D eigenvalue weighted by atomic mass is 9.98. The van der Waals surface area contributed by atoms with Crippen molar-refractivity contribution in [3.05, 3.63) is 23.8 Å². The third kappa shape index (κ3) is 1.70. The first-order valence-electron chi connectivity index (χ1n) is 4.17. The molecule has 2 heteroatoms. The van der Waals surface area contributed by atoms with Gasteiger partial charge in [-0.3, -0.25) is 0 Å². The second kappa shape index (κ2) is 3.48. The van der Waals surface area contributed by atoms with Gasteiger partial charge in [0.05, 0.1) is 0 Å². The van der Waals surface area contributed by atoms with Gasteiger partial charge in [-0.05, 0) is 30.0 Å². The number of phenols is 2. The van der Waals surface area contributed by atoms with Gasteiger partial charge in [0.15, 0.2) is 11.5 Å². The summed E-state index contributed by atoms with van der Waals surface area (Å²) < 4.78 is 0. The highest BCUT2D eigenvalue weighted by atomic mass is 16.3. The smallest absolute Gasteiger partial charge is 0.157 e. The summed E-state index contributed by atoms with van der Waals surface area (Å²) in [5, 5.41) is 18.2. The molecule has 0 aliphatic carbocycles. The fourth-order valence-corrected chi connectivity index (χ4v) is 1.08. The number of hydrogen-bond acceptors (Lipinski definition) is 2. The van der Waals surface area contributed by atoms with Gasteiger partial charge in [-0.1, -0.05) is 19.9 Å². The first-order valence-corrected chi connectivity index (χ1v) is 4.17. The van der Waals surface area contributed by atoms with Crippen molar-refractivity contribution in [1.82, 2.24) is 0 Å². The zero-order chi connectivity index (χ0) is 9.14. The Balaban J connectivity index is 2.96. The summed E-state index contributed by atoms with van der Waals surface area (Å²) in [5.74, 6) is 0.339. The van der Waals surface area contributed by atoms with Crippen molar-refractivity contribution in [2.24, 2.45) is 0 Å². The standard InChI is InChI=1S/C10H14O2/c1-3-7(2)8-4-5-9(11)10(12)6-8/h4-7,11-12H,3H2,1-2H3/t7-/m1/s1. The molecule has 0 aliphatic rings. The molecule has 1 aromatic carbocycles. The van der Waals surface area contributed by atoms with E-state index in [1.54, 1.807) is 6.07 Å². The summed E-state index contributed by atoms with van der Waals surface area (Å²) in [4.78, 5) is 0. The van der Waals surface area contributed by atoms with Gasteiger partial charge in [-0.25, -0.2) is 0 Å². The SMILES string of the molecule is CC[C@@H](C)c1ccc(O)c(O)c1. The molecule has 0 spiro atoms. The molecule has 0 bridgehead atoms. The van der Waals surface area contributed by atoms with E-state index < -0.39 is 0 Å². The largest absolute Gasteiger partial charge is 0.504 e. The number of benzene rings is 1. The number of rotatable bonds is 2. The maximum absolute atomic E-state index is 9.19. The van der Waals surface area contributed by atoms with E-state index in [1.165, 1.54) is 6.07 Å². The second-order valence-electron chi connectivity index (χ2n) is 3.06. The lowest BCUT2D eigenvalue weighted by Crippen LogP contribution is -1.89. The lowest BCUT2D eigenvalue weighted by Gasteiger charge is -2.09. The number of hydrogen-bond donors (Lipinski definition) is 2. The van der Waals surface area contributed by atoms with Crippen LogP contribution in [0.15, 0.2) is 18.2 Å². The van der Waals surface area contributed by atoms with Crippen molar-refractivity contribution in [3.8, 4) is 11.5 Å². The fourth-order valence-electron chi connectivity index (χ4n) is 1.08. The summed E-state index contributed by atoms with van der Waals surface area (Å²) in [6.45, 7) is 4.18. The molecule has 0 amide bonds. The van der Waals surface area contributed by atoms with Crippen LogP contribution >= 0.6 is 0 Å². The van der Waals surface area contributed by atoms with Crippen molar-refractivity contribution in [3.63, 3.8) is 0 Å². The predicted molar refractivity (Wildman–Crippen MR) is 48.5 cm³/mol. The van der Waals surface area contributed by atoms with Gasteiger partial charge in [-0.2, -0.15) is 0 Å². The molecule has 1 atom stereocenters. The predicted octanol–water partition coefficient (Wildman–Crippen LogP) is 2.61. The molecule has 0 aliphatic heterocycles. The highest BCUT2D eigenvalue weighted by Crippen LogP contribution is 2.29. The van der Waals surface area contributed by atoms with Gasteiger partial charge >= 0.3 is 0 Å². The quantitative estimate of drug-likeness (QED) is 0.663. The van der Waals surface area contributed by atoms with Crippen LogP contribution in [-0.2, 0) is 0 Å². The molecule has 0 fully saturated rings. The van der Waals surface area contributed by atoms with Crippen LogP contribution in [0.4, 0.5) is 0 Å². The number of phenolic OH excluding ortho intramolecular Hbond substituents is 2. The van der Waals surface area contributed by atoms with Crippen LogP contribution in [0.5, 0.6) is 11.5 Å². The van der Waals surface area contributed by atoms with E-state index in [1.807, 2.05) is 6.07 Å². The van der Waals surface area contributed by atoms with Crippen LogP contribution in [0.1, 0.15) is 31.7 Å². The highest BCUT2D eigenvalue weighted by Gasteiger charge is 2.05. The van der Waals surface area contributed by atoms with E-state index in [0.717, 1.165) is 12.0 Å². The van der Waals surface area contributed by atoms with Crippen molar-refractivity contribution in [2.75, 3.05) is 0 Å². The molecule has 1 rings (SSSR count). The third-order valence-electron chi connectivity index (χ3n) is 2.18. The fraction of sp³-hybridized carbons (Fsp3) is 0.400. The summed E-state index contributed by atoms with van der Waals surface area (Å²) in [5.41, 5.74) is 1.06. The Morgan fingerprint density at radius 2 is 1.92 bits per heavy atom. The van der Waals surface area contributed by atoms with Gasteiger partial charge in [0.2, 0.25) is 0 Å². The van der Waals surface area contributed by atoms with Crippen LogP contribution in [0.2, 0.25) is 0 Å². The molecule has 0 heterocycles. The van der Waals surface area contributed by atoms with Crippen molar-refractivity contribution < 1.29 is 10.2 Å². The van der Waals surface area contributed by atoms with Crippen molar-refractivity contribution >= 4 is 0 Å². The number of aromatic hydroxyl groups is 2. The molecular weight excluding hydrogens is 152 g/mol. The van der Waals surface area contributed by atoms with E-state index >= 15 is 0 Å². The van der Waals surface area contributed by atoms with Crippen LogP contribution in [0.25, 0.3) is 0 Å². The zero-order valence-corrected chi connectivity index (χ0v) is 7.41. The van der Waals surface area contributed by atoms with Crippen molar-refractivity contribution in [1.29, 1.82) is 0 Å². The molecule has 0 saturated carbocycles. The van der Waals surface area contributed by atoms with E-state index in [-0.39, 0.29) is 11.5 Å². The maximum atomic E-state index is 9.19. The van der Waals surface area contributed by atoms with E-state index in [4.69, 9.17) is 5.11 Å². The van der Waals surface area contributed by atoms with E-state index in [9.17, 15) is 5.11 Å². The molecule has 2 nitrogen and oxygen atoms in total. The van der Waals surface area contributed by atoms with Crippen molar-refractivity contribution in [2.45, 2.75) is 26.2 Å². The summed E-state index contributed by atoms with van der Waals surface area (Å²) in [6.07, 6.45) is 1.03. The summed E-state index contributed by atoms with van der Waals surface area (Å²) in [6, 6.07) is 4.98. The molecule has 12 heavy (non-hydrogen) atoms. The Morgan fingerprint density at radius 1 is 1.25 bits per heavy atom. The van der Waals surface area contributed by atoms with E-state index in [0.29, 0.717) is 5.92 Å². The average Bonchev–Trinajstić information content (AvgIpc) is 2.08. The first kappa shape index (κ1) is 8.91. The van der Waals surface area contributed by atoms with Crippen LogP contribution in [0.3, 0.4) is 0 Å². The molecule has 0 unspecified atom stereocenters. The molecule has 0 aromatic heterocycles. The summed E-state index contributed by atoms with van der Waals surface area (Å²) in [7, 11) is 0. The van der Waals surface area contributed by atoms with Gasteiger partial charge in [0.25, 0.3) is 0 Å². The Hall–Kier alpha value is -1.18. The zero-order valence-electron chi connectivity index (χ0n) is 7.41. The molecule has 1 aromatic rings. The van der Waals surface area contributed by atoms with Gasteiger partial charge in [0, 0.05) is 0 Å². The highest BCUT2D eigenvalue weighted by molar-refractivity contribution is 5.41. The normalized spacial score (nSPS) is 12.8. The minimum absolute atomic E-state index is 0.0344. The minimum atomic E-state index is -0.0537. The van der Waals surface area contributed by atoms with Gasteiger partial charge in [0.1, 0.15) is 0 Å². The van der Waals surface area contributed by atoms with Crippen LogP contribution in [-0.4, -0.2) is 10.2 Å².